The Bertz CT molecular complexity index is 576. The summed E-state index contributed by atoms with van der Waals surface area (Å²) < 4.78 is 18.2. The average molecular weight is 257 g/mol. The van der Waals surface area contributed by atoms with Crippen LogP contribution in [0.1, 0.15) is 0 Å². The summed E-state index contributed by atoms with van der Waals surface area (Å²) in [6.45, 7) is 3.37. The topological polar surface area (TPSA) is 38.3 Å². The van der Waals surface area contributed by atoms with Gasteiger partial charge in [-0.2, -0.15) is 0 Å². The molecule has 0 aromatic heterocycles. The number of halogens is 1. The summed E-state index contributed by atoms with van der Waals surface area (Å²) in [5.41, 5.74) is 0.649. The molecule has 2 aromatic rings. The molecule has 0 aliphatic rings. The molecule has 96 valence electrons. The molecule has 0 bridgehead atoms. The molecular weight excluding hydrogens is 245 g/mol. The number of rotatable bonds is 4. The largest absolute Gasteiger partial charge is 0.457 e. The Hall–Kier alpha value is -2.62. The molecule has 2 rings (SSSR count). The van der Waals surface area contributed by atoms with Gasteiger partial charge in [-0.1, -0.05) is 6.58 Å². The van der Waals surface area contributed by atoms with Crippen LogP contribution in [0.15, 0.2) is 61.2 Å². The molecule has 0 saturated carbocycles. The second kappa shape index (κ2) is 5.82. The van der Waals surface area contributed by atoms with E-state index in [0.717, 1.165) is 0 Å². The van der Waals surface area contributed by atoms with Crippen molar-refractivity contribution in [2.75, 3.05) is 5.32 Å². The molecule has 0 unspecified atom stereocenters. The Morgan fingerprint density at radius 2 is 1.58 bits per heavy atom. The second-order valence-corrected chi connectivity index (χ2v) is 3.77. The SMILES string of the molecule is C=CC(=O)Nc1ccc(Oc2ccc(F)cc2)cc1. The van der Waals surface area contributed by atoms with Gasteiger partial charge in [0.15, 0.2) is 0 Å². The lowest BCUT2D eigenvalue weighted by Gasteiger charge is -2.07. The van der Waals surface area contributed by atoms with Crippen LogP contribution in [0.4, 0.5) is 10.1 Å². The monoisotopic (exact) mass is 257 g/mol. The highest BCUT2D eigenvalue weighted by Crippen LogP contribution is 2.23. The first-order valence-corrected chi connectivity index (χ1v) is 5.64. The van der Waals surface area contributed by atoms with Gasteiger partial charge in [0.25, 0.3) is 0 Å². The summed E-state index contributed by atoms with van der Waals surface area (Å²) in [7, 11) is 0. The number of carbonyl (C=O) groups excluding carboxylic acids is 1. The average Bonchev–Trinajstić information content (AvgIpc) is 2.43. The maximum atomic E-state index is 12.7. The van der Waals surface area contributed by atoms with E-state index in [2.05, 4.69) is 11.9 Å². The molecular formula is C15H12FNO2. The van der Waals surface area contributed by atoms with Crippen LogP contribution >= 0.6 is 0 Å². The smallest absolute Gasteiger partial charge is 0.247 e. The normalized spacial score (nSPS) is 9.74. The Balaban J connectivity index is 2.04. The van der Waals surface area contributed by atoms with Crippen molar-refractivity contribution in [2.45, 2.75) is 0 Å². The van der Waals surface area contributed by atoms with E-state index >= 15 is 0 Å². The lowest BCUT2D eigenvalue weighted by Crippen LogP contribution is -2.06. The molecule has 1 N–H and O–H groups in total. The minimum Gasteiger partial charge on any atom is -0.457 e. The second-order valence-electron chi connectivity index (χ2n) is 3.77. The quantitative estimate of drug-likeness (QED) is 0.847. The van der Waals surface area contributed by atoms with Gasteiger partial charge in [-0.3, -0.25) is 4.79 Å². The highest BCUT2D eigenvalue weighted by Gasteiger charge is 2.00. The maximum Gasteiger partial charge on any atom is 0.247 e. The molecule has 0 saturated heterocycles. The summed E-state index contributed by atoms with van der Waals surface area (Å²) in [6.07, 6.45) is 1.20. The highest BCUT2D eigenvalue weighted by atomic mass is 19.1. The number of ether oxygens (including phenoxy) is 1. The van der Waals surface area contributed by atoms with E-state index in [0.29, 0.717) is 17.2 Å². The number of hydrogen-bond acceptors (Lipinski definition) is 2. The fourth-order valence-electron chi connectivity index (χ4n) is 1.44. The third-order valence-corrected chi connectivity index (χ3v) is 2.36. The van der Waals surface area contributed by atoms with Gasteiger partial charge in [-0.15, -0.1) is 0 Å². The van der Waals surface area contributed by atoms with E-state index in [9.17, 15) is 9.18 Å². The van der Waals surface area contributed by atoms with Gasteiger partial charge < -0.3 is 10.1 Å². The molecule has 0 heterocycles. The summed E-state index contributed by atoms with van der Waals surface area (Å²) in [5.74, 6) is 0.564. The standard InChI is InChI=1S/C15H12FNO2/c1-2-15(18)17-12-5-9-14(10-6-12)19-13-7-3-11(16)4-8-13/h2-10H,1H2,(H,17,18). The number of carbonyl (C=O) groups is 1. The molecule has 3 nitrogen and oxygen atoms in total. The van der Waals surface area contributed by atoms with Crippen molar-refractivity contribution in [2.24, 2.45) is 0 Å². The van der Waals surface area contributed by atoms with E-state index in [1.54, 1.807) is 36.4 Å². The molecule has 0 radical (unpaired) electrons. The predicted molar refractivity (Wildman–Crippen MR) is 71.7 cm³/mol. The predicted octanol–water partition coefficient (Wildman–Crippen LogP) is 3.74. The zero-order valence-electron chi connectivity index (χ0n) is 10.1. The minimum absolute atomic E-state index is 0.271. The van der Waals surface area contributed by atoms with E-state index < -0.39 is 0 Å². The van der Waals surface area contributed by atoms with Crippen LogP contribution in [0.3, 0.4) is 0 Å². The van der Waals surface area contributed by atoms with E-state index in [4.69, 9.17) is 4.74 Å². The molecule has 1 amide bonds. The summed E-state index contributed by atoms with van der Waals surface area (Å²) in [6, 6.07) is 12.6. The van der Waals surface area contributed by atoms with Crippen LogP contribution < -0.4 is 10.1 Å². The van der Waals surface area contributed by atoms with Crippen LogP contribution in [0.2, 0.25) is 0 Å². The first-order chi connectivity index (χ1) is 9.17. The van der Waals surface area contributed by atoms with Crippen LogP contribution in [0.25, 0.3) is 0 Å². The van der Waals surface area contributed by atoms with Crippen molar-refractivity contribution in [3.05, 3.63) is 67.0 Å². The fourth-order valence-corrected chi connectivity index (χ4v) is 1.44. The molecule has 0 fully saturated rings. The molecule has 0 spiro atoms. The van der Waals surface area contributed by atoms with Crippen LogP contribution in [-0.2, 0) is 4.79 Å². The highest BCUT2D eigenvalue weighted by molar-refractivity contribution is 5.98. The Kier molecular flexibility index (Phi) is 3.93. The Morgan fingerprint density at radius 3 is 2.11 bits per heavy atom. The van der Waals surface area contributed by atoms with Crippen LogP contribution in [0.5, 0.6) is 11.5 Å². The lowest BCUT2D eigenvalue weighted by molar-refractivity contribution is -0.111. The summed E-state index contributed by atoms with van der Waals surface area (Å²) >= 11 is 0. The Labute approximate surface area is 110 Å². The Morgan fingerprint density at radius 1 is 1.05 bits per heavy atom. The van der Waals surface area contributed by atoms with Gasteiger partial charge in [-0.05, 0) is 54.6 Å². The molecule has 0 aliphatic heterocycles. The molecule has 0 aliphatic carbocycles. The van der Waals surface area contributed by atoms with Gasteiger partial charge in [0.05, 0.1) is 0 Å². The zero-order valence-corrected chi connectivity index (χ0v) is 10.1. The van der Waals surface area contributed by atoms with Crippen LogP contribution in [-0.4, -0.2) is 5.91 Å². The van der Waals surface area contributed by atoms with Crippen molar-refractivity contribution in [3.63, 3.8) is 0 Å². The van der Waals surface area contributed by atoms with Gasteiger partial charge in [0, 0.05) is 5.69 Å². The first-order valence-electron chi connectivity index (χ1n) is 5.64. The molecule has 19 heavy (non-hydrogen) atoms. The van der Waals surface area contributed by atoms with E-state index in [1.165, 1.54) is 18.2 Å². The minimum atomic E-state index is -0.310. The van der Waals surface area contributed by atoms with Gasteiger partial charge in [0.2, 0.25) is 5.91 Å². The van der Waals surface area contributed by atoms with Crippen molar-refractivity contribution < 1.29 is 13.9 Å². The van der Waals surface area contributed by atoms with Crippen molar-refractivity contribution in [1.29, 1.82) is 0 Å². The van der Waals surface area contributed by atoms with Gasteiger partial charge in [-0.25, -0.2) is 4.39 Å². The lowest BCUT2D eigenvalue weighted by atomic mass is 10.3. The zero-order chi connectivity index (χ0) is 13.7. The molecule has 4 heteroatoms. The third kappa shape index (κ3) is 3.67. The van der Waals surface area contributed by atoms with Gasteiger partial charge in [0.1, 0.15) is 17.3 Å². The third-order valence-electron chi connectivity index (χ3n) is 2.36. The number of hydrogen-bond donors (Lipinski definition) is 1. The molecule has 2 aromatic carbocycles. The fraction of sp³-hybridized carbons (Fsp3) is 0. The van der Waals surface area contributed by atoms with Crippen molar-refractivity contribution >= 4 is 11.6 Å². The summed E-state index contributed by atoms with van der Waals surface area (Å²) in [5, 5.41) is 2.63. The number of amides is 1. The van der Waals surface area contributed by atoms with Gasteiger partial charge >= 0.3 is 0 Å². The van der Waals surface area contributed by atoms with Crippen molar-refractivity contribution in [1.82, 2.24) is 0 Å². The molecule has 0 atom stereocenters. The maximum absolute atomic E-state index is 12.7. The summed E-state index contributed by atoms with van der Waals surface area (Å²) in [4.78, 5) is 11.1. The van der Waals surface area contributed by atoms with Crippen molar-refractivity contribution in [3.8, 4) is 11.5 Å². The van der Waals surface area contributed by atoms with E-state index in [1.807, 2.05) is 0 Å². The first kappa shape index (κ1) is 12.8. The number of nitrogens with one attached hydrogen (secondary N) is 1. The van der Waals surface area contributed by atoms with Crippen LogP contribution in [0, 0.1) is 5.82 Å². The number of benzene rings is 2. The number of anilines is 1. The van der Waals surface area contributed by atoms with E-state index in [-0.39, 0.29) is 11.7 Å².